The molecule has 0 saturated carbocycles. The second-order valence-electron chi connectivity index (χ2n) is 6.41. The molecule has 126 valence electrons. The van der Waals surface area contributed by atoms with Crippen molar-refractivity contribution in [3.8, 4) is 0 Å². The molecule has 4 rings (SSSR count). The van der Waals surface area contributed by atoms with Gasteiger partial charge < -0.3 is 4.90 Å². The van der Waals surface area contributed by atoms with E-state index in [2.05, 4.69) is 46.2 Å². The van der Waals surface area contributed by atoms with Crippen molar-refractivity contribution in [1.29, 1.82) is 0 Å². The zero-order chi connectivity index (χ0) is 17.4. The lowest BCUT2D eigenvalue weighted by Crippen LogP contribution is -2.35. The molecule has 25 heavy (non-hydrogen) atoms. The Labute approximate surface area is 155 Å². The number of rotatable bonds is 3. The highest BCUT2D eigenvalue weighted by atomic mass is 79.9. The Morgan fingerprint density at radius 3 is 2.84 bits per heavy atom. The Morgan fingerprint density at radius 1 is 1.24 bits per heavy atom. The van der Waals surface area contributed by atoms with Crippen molar-refractivity contribution in [3.63, 3.8) is 0 Å². The molecule has 0 saturated heterocycles. The highest BCUT2D eigenvalue weighted by Gasteiger charge is 2.32. The first-order valence-electron chi connectivity index (χ1n) is 8.30. The van der Waals surface area contributed by atoms with Crippen molar-refractivity contribution in [3.05, 3.63) is 82.1 Å². The Morgan fingerprint density at radius 2 is 2.04 bits per heavy atom. The summed E-state index contributed by atoms with van der Waals surface area (Å²) in [7, 11) is 0. The molecular weight excluding hydrogens is 378 g/mol. The predicted octanol–water partition coefficient (Wildman–Crippen LogP) is 4.29. The van der Waals surface area contributed by atoms with E-state index >= 15 is 0 Å². The summed E-state index contributed by atoms with van der Waals surface area (Å²) in [6.45, 7) is 2.74. The molecule has 2 heterocycles. The lowest BCUT2D eigenvalue weighted by molar-refractivity contribution is 0.0981. The van der Waals surface area contributed by atoms with Crippen LogP contribution in [0, 0.1) is 0 Å². The number of amides is 1. The molecule has 0 radical (unpaired) electrons. The molecule has 1 amide bonds. The summed E-state index contributed by atoms with van der Waals surface area (Å²) >= 11 is 3.50. The van der Waals surface area contributed by atoms with Crippen LogP contribution in [0.5, 0.6) is 0 Å². The minimum absolute atomic E-state index is 0.00730. The van der Waals surface area contributed by atoms with E-state index in [1.54, 1.807) is 6.20 Å². The number of hydrogen-bond acceptors (Lipinski definition) is 2. The van der Waals surface area contributed by atoms with E-state index < -0.39 is 0 Å². The first-order valence-corrected chi connectivity index (χ1v) is 9.09. The van der Waals surface area contributed by atoms with Crippen LogP contribution in [0.15, 0.2) is 65.4 Å². The maximum atomic E-state index is 13.0. The minimum Gasteiger partial charge on any atom is -0.305 e. The third-order valence-corrected chi connectivity index (χ3v) is 5.04. The van der Waals surface area contributed by atoms with Crippen LogP contribution in [0.3, 0.4) is 0 Å². The fourth-order valence-corrected chi connectivity index (χ4v) is 3.79. The van der Waals surface area contributed by atoms with E-state index in [1.807, 2.05) is 46.1 Å². The summed E-state index contributed by atoms with van der Waals surface area (Å²) in [6, 6.07) is 16.3. The summed E-state index contributed by atoms with van der Waals surface area (Å²) in [5.74, 6) is 0.00730. The average molecular weight is 396 g/mol. The van der Waals surface area contributed by atoms with Crippen molar-refractivity contribution >= 4 is 27.5 Å². The molecule has 1 aliphatic rings. The van der Waals surface area contributed by atoms with E-state index in [4.69, 9.17) is 0 Å². The molecule has 0 fully saturated rings. The first-order chi connectivity index (χ1) is 12.1. The Bertz CT molecular complexity index is 920. The molecule has 5 heteroatoms. The lowest BCUT2D eigenvalue weighted by Gasteiger charge is -2.22. The summed E-state index contributed by atoms with van der Waals surface area (Å²) < 4.78 is 2.86. The van der Waals surface area contributed by atoms with E-state index in [9.17, 15) is 4.79 Å². The van der Waals surface area contributed by atoms with Crippen LogP contribution >= 0.6 is 15.9 Å². The van der Waals surface area contributed by atoms with Gasteiger partial charge in [0.1, 0.15) is 0 Å². The van der Waals surface area contributed by atoms with Crippen molar-refractivity contribution < 1.29 is 4.79 Å². The number of carbonyl (C=O) groups is 1. The van der Waals surface area contributed by atoms with Gasteiger partial charge in [0.25, 0.3) is 5.91 Å². The summed E-state index contributed by atoms with van der Waals surface area (Å²) in [6.07, 6.45) is 4.37. The van der Waals surface area contributed by atoms with Gasteiger partial charge in [0.15, 0.2) is 0 Å². The van der Waals surface area contributed by atoms with Crippen LogP contribution in [-0.2, 0) is 13.0 Å². The zero-order valence-electron chi connectivity index (χ0n) is 13.9. The van der Waals surface area contributed by atoms with Gasteiger partial charge in [-0.25, -0.2) is 0 Å². The molecule has 0 spiro atoms. The topological polar surface area (TPSA) is 38.1 Å². The predicted molar refractivity (Wildman–Crippen MR) is 102 cm³/mol. The smallest absolute Gasteiger partial charge is 0.261 e. The van der Waals surface area contributed by atoms with Gasteiger partial charge in [-0.05, 0) is 42.7 Å². The lowest BCUT2D eigenvalue weighted by atomic mass is 10.1. The molecule has 1 aromatic heterocycles. The van der Waals surface area contributed by atoms with Gasteiger partial charge >= 0.3 is 0 Å². The number of carbonyl (C=O) groups excluding carboxylic acids is 1. The first kappa shape index (κ1) is 16.1. The SMILES string of the molecule is C[C@H]1Cc2cc(Br)ccc2N1C(=O)c1cnn(Cc2ccccc2)c1. The molecule has 1 aliphatic heterocycles. The zero-order valence-corrected chi connectivity index (χ0v) is 15.5. The Hall–Kier alpha value is -2.40. The van der Waals surface area contributed by atoms with Gasteiger partial charge in [-0.1, -0.05) is 46.3 Å². The van der Waals surface area contributed by atoms with Gasteiger partial charge in [0.05, 0.1) is 18.3 Å². The maximum absolute atomic E-state index is 13.0. The van der Waals surface area contributed by atoms with Crippen LogP contribution in [0.2, 0.25) is 0 Å². The maximum Gasteiger partial charge on any atom is 0.261 e. The van der Waals surface area contributed by atoms with Gasteiger partial charge in [-0.15, -0.1) is 0 Å². The second-order valence-corrected chi connectivity index (χ2v) is 7.33. The van der Waals surface area contributed by atoms with Crippen LogP contribution in [0.1, 0.15) is 28.4 Å². The largest absolute Gasteiger partial charge is 0.305 e. The Kier molecular flexibility index (Phi) is 4.17. The van der Waals surface area contributed by atoms with Crippen molar-refractivity contribution in [2.75, 3.05) is 4.90 Å². The molecule has 2 aromatic carbocycles. The molecule has 0 aliphatic carbocycles. The third-order valence-electron chi connectivity index (χ3n) is 4.54. The molecule has 0 unspecified atom stereocenters. The number of halogens is 1. The highest BCUT2D eigenvalue weighted by molar-refractivity contribution is 9.10. The van der Waals surface area contributed by atoms with Crippen molar-refractivity contribution in [2.24, 2.45) is 0 Å². The number of anilines is 1. The number of nitrogens with zero attached hydrogens (tertiary/aromatic N) is 3. The molecular formula is C20H18BrN3O. The standard InChI is InChI=1S/C20H18BrN3O/c1-14-9-16-10-18(21)7-8-19(16)24(14)20(25)17-11-22-23(13-17)12-15-5-3-2-4-6-15/h2-8,10-11,13-14H,9,12H2,1H3/t14-/m0/s1. The fourth-order valence-electron chi connectivity index (χ4n) is 3.38. The number of fused-ring (bicyclic) bond motifs is 1. The molecule has 1 atom stereocenters. The third kappa shape index (κ3) is 3.12. The monoisotopic (exact) mass is 395 g/mol. The van der Waals surface area contributed by atoms with Gasteiger partial charge in [0.2, 0.25) is 0 Å². The quantitative estimate of drug-likeness (QED) is 0.663. The number of hydrogen-bond donors (Lipinski definition) is 0. The van der Waals surface area contributed by atoms with E-state index in [0.29, 0.717) is 12.1 Å². The van der Waals surface area contributed by atoms with Crippen molar-refractivity contribution in [1.82, 2.24) is 9.78 Å². The van der Waals surface area contributed by atoms with E-state index in [-0.39, 0.29) is 11.9 Å². The van der Waals surface area contributed by atoms with Gasteiger partial charge in [-0.3, -0.25) is 9.48 Å². The average Bonchev–Trinajstić information content (AvgIpc) is 3.18. The molecule has 0 N–H and O–H groups in total. The normalized spacial score (nSPS) is 16.1. The second kappa shape index (κ2) is 6.48. The summed E-state index contributed by atoms with van der Waals surface area (Å²) in [5, 5.41) is 4.36. The fraction of sp³-hybridized carbons (Fsp3) is 0.200. The van der Waals surface area contributed by atoms with E-state index in [0.717, 1.165) is 22.1 Å². The summed E-state index contributed by atoms with van der Waals surface area (Å²) in [4.78, 5) is 14.9. The van der Waals surface area contributed by atoms with Gasteiger partial charge in [-0.2, -0.15) is 5.10 Å². The van der Waals surface area contributed by atoms with Crippen molar-refractivity contribution in [2.45, 2.75) is 25.9 Å². The van der Waals surface area contributed by atoms with Crippen LogP contribution in [-0.4, -0.2) is 21.7 Å². The van der Waals surface area contributed by atoms with E-state index in [1.165, 1.54) is 5.56 Å². The van der Waals surface area contributed by atoms with Gasteiger partial charge in [0, 0.05) is 22.4 Å². The molecule has 0 bridgehead atoms. The van der Waals surface area contributed by atoms with Crippen LogP contribution in [0.25, 0.3) is 0 Å². The highest BCUT2D eigenvalue weighted by Crippen LogP contribution is 2.35. The Balaban J connectivity index is 1.58. The molecule has 3 aromatic rings. The van der Waals surface area contributed by atoms with Crippen LogP contribution < -0.4 is 4.90 Å². The molecule has 4 nitrogen and oxygen atoms in total. The van der Waals surface area contributed by atoms with Crippen LogP contribution in [0.4, 0.5) is 5.69 Å². The number of aromatic nitrogens is 2. The summed E-state index contributed by atoms with van der Waals surface area (Å²) in [5.41, 5.74) is 3.98. The minimum atomic E-state index is 0.00730. The number of benzene rings is 2.